The molecule has 0 saturated carbocycles. The first-order chi connectivity index (χ1) is 6.06. The molecular formula is C9H10N2OS. The van der Waals surface area contributed by atoms with Gasteiger partial charge in [0.25, 0.3) is 0 Å². The molecule has 1 aromatic rings. The Kier molecular flexibility index (Phi) is 2.69. The van der Waals surface area contributed by atoms with E-state index in [1.807, 2.05) is 13.8 Å². The molecule has 1 aromatic heterocycles. The number of hydrogen-bond donors (Lipinski definition) is 1. The van der Waals surface area contributed by atoms with Crippen LogP contribution in [-0.2, 0) is 4.79 Å². The lowest BCUT2D eigenvalue weighted by atomic mass is 10.2. The fourth-order valence-electron chi connectivity index (χ4n) is 1.01. The summed E-state index contributed by atoms with van der Waals surface area (Å²) in [4.78, 5) is 11.9. The maximum atomic E-state index is 10.8. The van der Waals surface area contributed by atoms with E-state index < -0.39 is 0 Å². The van der Waals surface area contributed by atoms with Crippen molar-refractivity contribution in [3.05, 3.63) is 16.0 Å². The summed E-state index contributed by atoms with van der Waals surface area (Å²) in [5.41, 5.74) is 1.54. The lowest BCUT2D eigenvalue weighted by Crippen LogP contribution is -2.05. The molecule has 13 heavy (non-hydrogen) atoms. The molecule has 1 rings (SSSR count). The van der Waals surface area contributed by atoms with Gasteiger partial charge in [-0.05, 0) is 19.4 Å². The SMILES string of the molecule is CC(=O)Nc1sc(C)c(C)c1C#N. The van der Waals surface area contributed by atoms with Crippen LogP contribution in [0.25, 0.3) is 0 Å². The summed E-state index contributed by atoms with van der Waals surface area (Å²) in [6.07, 6.45) is 0. The first-order valence-electron chi connectivity index (χ1n) is 3.84. The molecule has 1 amide bonds. The summed E-state index contributed by atoms with van der Waals surface area (Å²) in [6.45, 7) is 5.26. The van der Waals surface area contributed by atoms with E-state index in [0.29, 0.717) is 10.6 Å². The fourth-order valence-corrected chi connectivity index (χ4v) is 2.07. The lowest BCUT2D eigenvalue weighted by molar-refractivity contribution is -0.114. The zero-order valence-corrected chi connectivity index (χ0v) is 8.58. The molecular weight excluding hydrogens is 184 g/mol. The highest BCUT2D eigenvalue weighted by molar-refractivity contribution is 7.16. The van der Waals surface area contributed by atoms with Crippen LogP contribution in [0.5, 0.6) is 0 Å². The molecule has 4 heteroatoms. The van der Waals surface area contributed by atoms with Gasteiger partial charge in [0.2, 0.25) is 5.91 Å². The number of anilines is 1. The summed E-state index contributed by atoms with van der Waals surface area (Å²) in [5, 5.41) is 12.1. The van der Waals surface area contributed by atoms with Gasteiger partial charge in [-0.1, -0.05) is 0 Å². The normalized spacial score (nSPS) is 9.38. The largest absolute Gasteiger partial charge is 0.317 e. The molecule has 1 heterocycles. The smallest absolute Gasteiger partial charge is 0.221 e. The first kappa shape index (κ1) is 9.75. The van der Waals surface area contributed by atoms with Crippen molar-refractivity contribution in [2.75, 3.05) is 5.32 Å². The van der Waals surface area contributed by atoms with Crippen LogP contribution in [0.3, 0.4) is 0 Å². The van der Waals surface area contributed by atoms with E-state index in [4.69, 9.17) is 5.26 Å². The van der Waals surface area contributed by atoms with E-state index in [2.05, 4.69) is 11.4 Å². The topological polar surface area (TPSA) is 52.9 Å². The molecule has 0 fully saturated rings. The minimum absolute atomic E-state index is 0.141. The van der Waals surface area contributed by atoms with E-state index >= 15 is 0 Å². The Balaban J connectivity index is 3.15. The van der Waals surface area contributed by atoms with E-state index in [-0.39, 0.29) is 5.91 Å². The summed E-state index contributed by atoms with van der Waals surface area (Å²) in [7, 11) is 0. The van der Waals surface area contributed by atoms with Crippen LogP contribution in [0.4, 0.5) is 5.00 Å². The number of nitrogens with one attached hydrogen (secondary N) is 1. The number of nitrogens with zero attached hydrogens (tertiary/aromatic N) is 1. The molecule has 0 aliphatic carbocycles. The van der Waals surface area contributed by atoms with Crippen LogP contribution >= 0.6 is 11.3 Å². The van der Waals surface area contributed by atoms with Crippen molar-refractivity contribution in [1.82, 2.24) is 0 Å². The molecule has 0 aliphatic rings. The van der Waals surface area contributed by atoms with Crippen LogP contribution in [0.2, 0.25) is 0 Å². The Morgan fingerprint density at radius 1 is 1.54 bits per heavy atom. The third-order valence-corrected chi connectivity index (χ3v) is 2.91. The Labute approximate surface area is 81.0 Å². The third-order valence-electron chi connectivity index (χ3n) is 1.79. The van der Waals surface area contributed by atoms with E-state index in [0.717, 1.165) is 10.4 Å². The second-order valence-electron chi connectivity index (χ2n) is 2.78. The standard InChI is InChI=1S/C9H10N2OS/c1-5-6(2)13-9(8(5)4-10)11-7(3)12/h1-3H3,(H,11,12). The van der Waals surface area contributed by atoms with Gasteiger partial charge >= 0.3 is 0 Å². The van der Waals surface area contributed by atoms with E-state index in [1.165, 1.54) is 18.3 Å². The number of nitriles is 1. The van der Waals surface area contributed by atoms with Gasteiger partial charge in [-0.15, -0.1) is 11.3 Å². The van der Waals surface area contributed by atoms with E-state index in [1.54, 1.807) is 0 Å². The monoisotopic (exact) mass is 194 g/mol. The predicted octanol–water partition coefficient (Wildman–Crippen LogP) is 2.20. The lowest BCUT2D eigenvalue weighted by Gasteiger charge is -1.96. The van der Waals surface area contributed by atoms with Gasteiger partial charge in [0, 0.05) is 11.8 Å². The zero-order valence-electron chi connectivity index (χ0n) is 7.76. The van der Waals surface area contributed by atoms with Gasteiger partial charge in [-0.3, -0.25) is 4.79 Å². The quantitative estimate of drug-likeness (QED) is 0.745. The number of aryl methyl sites for hydroxylation is 1. The molecule has 0 aromatic carbocycles. The summed E-state index contributed by atoms with van der Waals surface area (Å²) >= 11 is 1.44. The maximum Gasteiger partial charge on any atom is 0.221 e. The van der Waals surface area contributed by atoms with Crippen molar-refractivity contribution < 1.29 is 4.79 Å². The summed E-state index contributed by atoms with van der Waals surface area (Å²) in [6, 6.07) is 2.09. The Morgan fingerprint density at radius 3 is 2.62 bits per heavy atom. The van der Waals surface area contributed by atoms with Crippen molar-refractivity contribution in [3.8, 4) is 6.07 Å². The zero-order chi connectivity index (χ0) is 10.0. The molecule has 3 nitrogen and oxygen atoms in total. The van der Waals surface area contributed by atoms with Crippen LogP contribution < -0.4 is 5.32 Å². The molecule has 68 valence electrons. The number of carbonyl (C=O) groups is 1. The molecule has 0 atom stereocenters. The van der Waals surface area contributed by atoms with Crippen molar-refractivity contribution >= 4 is 22.2 Å². The maximum absolute atomic E-state index is 10.8. The van der Waals surface area contributed by atoms with Gasteiger partial charge in [0.05, 0.1) is 5.56 Å². The molecule has 0 aliphatic heterocycles. The van der Waals surface area contributed by atoms with Crippen LogP contribution in [0.15, 0.2) is 0 Å². The Bertz CT molecular complexity index is 387. The van der Waals surface area contributed by atoms with Crippen LogP contribution in [0, 0.1) is 25.2 Å². The Hall–Kier alpha value is -1.34. The predicted molar refractivity (Wildman–Crippen MR) is 52.8 cm³/mol. The van der Waals surface area contributed by atoms with Gasteiger partial charge in [-0.25, -0.2) is 0 Å². The number of hydrogen-bond acceptors (Lipinski definition) is 3. The highest BCUT2D eigenvalue weighted by Gasteiger charge is 2.12. The van der Waals surface area contributed by atoms with Crippen molar-refractivity contribution in [2.24, 2.45) is 0 Å². The molecule has 0 unspecified atom stereocenters. The number of amides is 1. The molecule has 0 saturated heterocycles. The van der Waals surface area contributed by atoms with Crippen molar-refractivity contribution in [3.63, 3.8) is 0 Å². The minimum Gasteiger partial charge on any atom is -0.317 e. The molecule has 0 radical (unpaired) electrons. The van der Waals surface area contributed by atoms with Crippen molar-refractivity contribution in [1.29, 1.82) is 5.26 Å². The minimum atomic E-state index is -0.141. The molecule has 1 N–H and O–H groups in total. The van der Waals surface area contributed by atoms with Gasteiger partial charge < -0.3 is 5.32 Å². The molecule has 0 bridgehead atoms. The summed E-state index contributed by atoms with van der Waals surface area (Å²) < 4.78 is 0. The fraction of sp³-hybridized carbons (Fsp3) is 0.333. The number of carbonyl (C=O) groups excluding carboxylic acids is 1. The number of rotatable bonds is 1. The van der Waals surface area contributed by atoms with Gasteiger partial charge in [0.15, 0.2) is 0 Å². The molecule has 0 spiro atoms. The second kappa shape index (κ2) is 3.58. The average molecular weight is 194 g/mol. The van der Waals surface area contributed by atoms with E-state index in [9.17, 15) is 4.79 Å². The van der Waals surface area contributed by atoms with Crippen LogP contribution in [-0.4, -0.2) is 5.91 Å². The third kappa shape index (κ3) is 1.87. The highest BCUT2D eigenvalue weighted by atomic mass is 32.1. The first-order valence-corrected chi connectivity index (χ1v) is 4.65. The average Bonchev–Trinajstić information content (AvgIpc) is 2.27. The van der Waals surface area contributed by atoms with Crippen LogP contribution in [0.1, 0.15) is 22.9 Å². The number of thiophene rings is 1. The van der Waals surface area contributed by atoms with Crippen molar-refractivity contribution in [2.45, 2.75) is 20.8 Å². The summed E-state index contributed by atoms with van der Waals surface area (Å²) in [5.74, 6) is -0.141. The second-order valence-corrected chi connectivity index (χ2v) is 4.01. The Morgan fingerprint density at radius 2 is 2.15 bits per heavy atom. The highest BCUT2D eigenvalue weighted by Crippen LogP contribution is 2.31. The van der Waals surface area contributed by atoms with Gasteiger partial charge in [-0.2, -0.15) is 5.26 Å². The van der Waals surface area contributed by atoms with Gasteiger partial charge in [0.1, 0.15) is 11.1 Å².